The number of Topliss-reactive ketones (excluding diaryl/α,β-unsaturated/α-hetero) is 1. The number of carbonyl (C=O) groups excluding carboxylic acids is 1. The molecule has 0 heterocycles. The molecule has 0 amide bonds. The second kappa shape index (κ2) is 8.47. The molecule has 17 heavy (non-hydrogen) atoms. The van der Waals surface area contributed by atoms with Crippen LogP contribution in [0.25, 0.3) is 0 Å². The van der Waals surface area contributed by atoms with Crippen molar-refractivity contribution in [2.45, 2.75) is 33.1 Å². The van der Waals surface area contributed by atoms with Crippen molar-refractivity contribution in [2.24, 2.45) is 5.92 Å². The van der Waals surface area contributed by atoms with Gasteiger partial charge in [0.1, 0.15) is 11.9 Å². The van der Waals surface area contributed by atoms with Crippen molar-refractivity contribution in [1.29, 1.82) is 0 Å². The largest absolute Gasteiger partial charge is 0.337 e. The summed E-state index contributed by atoms with van der Waals surface area (Å²) in [6.45, 7) is 3.83. The van der Waals surface area contributed by atoms with Gasteiger partial charge in [-0.05, 0) is 6.42 Å². The lowest BCUT2D eigenvalue weighted by atomic mass is 10.0. The van der Waals surface area contributed by atoms with E-state index >= 15 is 0 Å². The minimum Gasteiger partial charge on any atom is -0.312 e. The number of hydrogen-bond donors (Lipinski definition) is 0. The number of rotatable bonds is 7. The zero-order valence-corrected chi connectivity index (χ0v) is 11.9. The van der Waals surface area contributed by atoms with E-state index < -0.39 is 7.60 Å². The van der Waals surface area contributed by atoms with Crippen LogP contribution in [0.1, 0.15) is 33.1 Å². The molecular weight excluding hydrogens is 239 g/mol. The summed E-state index contributed by atoms with van der Waals surface area (Å²) in [4.78, 5) is 11.7. The zero-order valence-electron chi connectivity index (χ0n) is 11.0. The van der Waals surface area contributed by atoms with Crippen LogP contribution in [0.4, 0.5) is 0 Å². The fourth-order valence-corrected chi connectivity index (χ4v) is 2.20. The van der Waals surface area contributed by atoms with Gasteiger partial charge in [-0.15, -0.1) is 11.8 Å². The highest BCUT2D eigenvalue weighted by Gasteiger charge is 2.27. The van der Waals surface area contributed by atoms with Crippen LogP contribution in [-0.4, -0.2) is 26.2 Å². The van der Waals surface area contributed by atoms with Crippen molar-refractivity contribution in [1.82, 2.24) is 0 Å². The third kappa shape index (κ3) is 6.63. The van der Waals surface area contributed by atoms with Gasteiger partial charge in [0.15, 0.2) is 0 Å². The Kier molecular flexibility index (Phi) is 8.16. The Morgan fingerprint density at radius 1 is 1.29 bits per heavy atom. The molecule has 0 aromatic carbocycles. The maximum Gasteiger partial charge on any atom is 0.337 e. The van der Waals surface area contributed by atoms with Gasteiger partial charge in [-0.2, -0.15) is 0 Å². The molecular formula is C12H21O4P. The van der Waals surface area contributed by atoms with Gasteiger partial charge in [0.25, 0.3) is 0 Å². The predicted octanol–water partition coefficient (Wildman–Crippen LogP) is 2.87. The molecule has 0 N–H and O–H groups in total. The van der Waals surface area contributed by atoms with Gasteiger partial charge >= 0.3 is 7.60 Å². The van der Waals surface area contributed by atoms with Gasteiger partial charge in [-0.3, -0.25) is 9.36 Å². The highest BCUT2D eigenvalue weighted by Crippen LogP contribution is 2.46. The number of unbranched alkanes of at least 4 members (excludes halogenated alkanes) is 1. The van der Waals surface area contributed by atoms with Crippen LogP contribution in [0.3, 0.4) is 0 Å². The highest BCUT2D eigenvalue weighted by atomic mass is 31.2. The minimum atomic E-state index is -3.23. The van der Waals surface area contributed by atoms with E-state index in [0.717, 1.165) is 12.8 Å². The first kappa shape index (κ1) is 16.4. The summed E-state index contributed by atoms with van der Waals surface area (Å²) in [6.07, 6.45) is 2.16. The van der Waals surface area contributed by atoms with Gasteiger partial charge in [0.05, 0.1) is 0 Å². The monoisotopic (exact) mass is 260 g/mol. The van der Waals surface area contributed by atoms with E-state index in [4.69, 9.17) is 9.05 Å². The molecule has 0 aliphatic heterocycles. The number of carbonyl (C=O) groups is 1. The van der Waals surface area contributed by atoms with Crippen LogP contribution in [0.15, 0.2) is 0 Å². The first-order valence-corrected chi connectivity index (χ1v) is 7.40. The van der Waals surface area contributed by atoms with Crippen LogP contribution < -0.4 is 0 Å². The molecule has 4 nitrogen and oxygen atoms in total. The Hall–Kier alpha value is -0.620. The Labute approximate surface area is 104 Å². The summed E-state index contributed by atoms with van der Waals surface area (Å²) in [5.41, 5.74) is 0. The van der Waals surface area contributed by atoms with Gasteiger partial charge in [0.2, 0.25) is 0 Å². The van der Waals surface area contributed by atoms with Crippen LogP contribution in [-0.2, 0) is 18.4 Å². The Morgan fingerprint density at radius 3 is 2.35 bits per heavy atom. The number of hydrogen-bond acceptors (Lipinski definition) is 4. The Bertz CT molecular complexity index is 332. The molecule has 0 aliphatic carbocycles. The maximum atomic E-state index is 11.7. The van der Waals surface area contributed by atoms with Gasteiger partial charge in [-0.1, -0.05) is 13.8 Å². The second-order valence-electron chi connectivity index (χ2n) is 3.81. The Balaban J connectivity index is 4.24. The predicted molar refractivity (Wildman–Crippen MR) is 68.0 cm³/mol. The molecule has 0 fully saturated rings. The fraction of sp³-hybridized carbons (Fsp3) is 0.750. The van der Waals surface area contributed by atoms with E-state index in [1.165, 1.54) is 14.2 Å². The average Bonchev–Trinajstić information content (AvgIpc) is 2.34. The molecule has 1 unspecified atom stereocenters. The third-order valence-electron chi connectivity index (χ3n) is 2.36. The first-order valence-electron chi connectivity index (χ1n) is 5.68. The average molecular weight is 260 g/mol. The fourth-order valence-electron chi connectivity index (χ4n) is 1.10. The van der Waals surface area contributed by atoms with Crippen molar-refractivity contribution in [3.05, 3.63) is 0 Å². The third-order valence-corrected chi connectivity index (χ3v) is 4.18. The van der Waals surface area contributed by atoms with Crippen molar-refractivity contribution in [2.75, 3.05) is 20.4 Å². The molecule has 0 saturated carbocycles. The normalized spacial score (nSPS) is 12.7. The van der Waals surface area contributed by atoms with Crippen LogP contribution in [0.2, 0.25) is 0 Å². The van der Waals surface area contributed by atoms with Crippen molar-refractivity contribution >= 4 is 13.4 Å². The van der Waals surface area contributed by atoms with E-state index in [0.29, 0.717) is 6.42 Å². The summed E-state index contributed by atoms with van der Waals surface area (Å²) in [5, 5.41) is 0. The lowest BCUT2D eigenvalue weighted by molar-refractivity contribution is -0.120. The molecule has 0 bridgehead atoms. The van der Waals surface area contributed by atoms with Crippen molar-refractivity contribution in [3.63, 3.8) is 0 Å². The van der Waals surface area contributed by atoms with E-state index in [9.17, 15) is 9.36 Å². The van der Waals surface area contributed by atoms with Gasteiger partial charge in [-0.25, -0.2) is 0 Å². The van der Waals surface area contributed by atoms with E-state index in [2.05, 4.69) is 18.8 Å². The summed E-state index contributed by atoms with van der Waals surface area (Å²) in [7, 11) is -0.672. The summed E-state index contributed by atoms with van der Waals surface area (Å²) in [5.74, 6) is 5.55. The molecule has 0 aromatic rings. The molecule has 0 rings (SSSR count). The summed E-state index contributed by atoms with van der Waals surface area (Å²) in [6, 6.07) is 0. The van der Waals surface area contributed by atoms with Crippen molar-refractivity contribution in [3.8, 4) is 11.8 Å². The first-order chi connectivity index (χ1) is 7.99. The van der Waals surface area contributed by atoms with E-state index in [-0.39, 0.29) is 17.9 Å². The van der Waals surface area contributed by atoms with E-state index in [1.54, 1.807) is 6.92 Å². The summed E-state index contributed by atoms with van der Waals surface area (Å²) < 4.78 is 21.2. The maximum absolute atomic E-state index is 11.7. The molecule has 0 spiro atoms. The van der Waals surface area contributed by atoms with Gasteiger partial charge < -0.3 is 9.05 Å². The lowest BCUT2D eigenvalue weighted by Crippen LogP contribution is -2.16. The van der Waals surface area contributed by atoms with Crippen LogP contribution >= 0.6 is 7.60 Å². The van der Waals surface area contributed by atoms with Crippen LogP contribution in [0, 0.1) is 17.8 Å². The highest BCUT2D eigenvalue weighted by molar-refractivity contribution is 7.54. The molecule has 0 radical (unpaired) electrons. The Morgan fingerprint density at radius 2 is 1.88 bits per heavy atom. The quantitative estimate of drug-likeness (QED) is 0.521. The minimum absolute atomic E-state index is 0.136. The lowest BCUT2D eigenvalue weighted by Gasteiger charge is -2.14. The van der Waals surface area contributed by atoms with Crippen molar-refractivity contribution < 1.29 is 18.4 Å². The molecule has 0 saturated heterocycles. The zero-order chi connectivity index (χ0) is 13.3. The molecule has 5 heteroatoms. The SMILES string of the molecule is CCCC#CCC(C)C(=O)CP(=O)(OC)OC. The number of ketones is 1. The summed E-state index contributed by atoms with van der Waals surface area (Å²) >= 11 is 0. The van der Waals surface area contributed by atoms with E-state index in [1.807, 2.05) is 0 Å². The topological polar surface area (TPSA) is 52.6 Å². The molecule has 0 aliphatic rings. The standard InChI is InChI=1S/C12H21O4P/c1-5-6-7-8-9-11(2)12(13)10-17(14,15-3)16-4/h11H,5-6,9-10H2,1-4H3. The molecule has 0 aromatic heterocycles. The molecule has 1 atom stereocenters. The van der Waals surface area contributed by atoms with Crippen LogP contribution in [0.5, 0.6) is 0 Å². The molecule has 98 valence electrons. The van der Waals surface area contributed by atoms with Gasteiger partial charge in [0, 0.05) is 33.0 Å². The smallest absolute Gasteiger partial charge is 0.312 e. The second-order valence-corrected chi connectivity index (χ2v) is 6.08.